The Morgan fingerprint density at radius 2 is 1.44 bits per heavy atom. The van der Waals surface area contributed by atoms with E-state index in [0.29, 0.717) is 17.7 Å². The van der Waals surface area contributed by atoms with Gasteiger partial charge in [-0.3, -0.25) is 0 Å². The normalized spacial score (nSPS) is 25.4. The van der Waals surface area contributed by atoms with Crippen LogP contribution in [0.4, 0.5) is 0 Å². The minimum absolute atomic E-state index is 0.134. The van der Waals surface area contributed by atoms with Crippen LogP contribution in [-0.2, 0) is 18.9 Å². The van der Waals surface area contributed by atoms with Crippen molar-refractivity contribution in [2.75, 3.05) is 37.7 Å². The standard InChI is InChI=1S/C25H34N2O6S/c1-34(2,3)15-14-30-25-21(27)22(33-24(29)18-12-8-5-9-13-18)20(26)19(32-25)16-31-23(28)17-10-6-4-7-11-17/h4-13,19-22,25H,14-16,26-27H2,1-3H3. The van der Waals surface area contributed by atoms with Gasteiger partial charge < -0.3 is 30.4 Å². The van der Waals surface area contributed by atoms with Crippen LogP contribution >= 0.6 is 10.0 Å². The third kappa shape index (κ3) is 7.28. The monoisotopic (exact) mass is 490 g/mol. The largest absolute Gasteiger partial charge is 0.459 e. The number of hydrogen-bond donors (Lipinski definition) is 2. The molecular weight excluding hydrogens is 456 g/mol. The van der Waals surface area contributed by atoms with Crippen molar-refractivity contribution in [3.63, 3.8) is 0 Å². The Balaban J connectivity index is 1.71. The van der Waals surface area contributed by atoms with E-state index < -0.39 is 52.5 Å². The molecule has 0 aliphatic carbocycles. The van der Waals surface area contributed by atoms with Crippen LogP contribution in [0.15, 0.2) is 60.7 Å². The van der Waals surface area contributed by atoms with Gasteiger partial charge in [-0.05, 0) is 43.0 Å². The number of carbonyl (C=O) groups excluding carboxylic acids is 2. The number of esters is 2. The third-order valence-corrected chi connectivity index (χ3v) is 6.82. The van der Waals surface area contributed by atoms with E-state index >= 15 is 0 Å². The highest BCUT2D eigenvalue weighted by atomic mass is 32.3. The minimum atomic E-state index is -0.895. The SMILES string of the molecule is CS(C)(C)CCOC1OC(COC(=O)c2ccccc2)C(N)C(OC(=O)c2ccccc2)C1N. The number of rotatable bonds is 9. The van der Waals surface area contributed by atoms with Crippen molar-refractivity contribution in [2.24, 2.45) is 11.5 Å². The molecule has 0 saturated carbocycles. The zero-order chi connectivity index (χ0) is 24.7. The van der Waals surface area contributed by atoms with E-state index in [0.717, 1.165) is 5.75 Å². The predicted molar refractivity (Wildman–Crippen MR) is 133 cm³/mol. The van der Waals surface area contributed by atoms with E-state index in [1.807, 2.05) is 6.07 Å². The van der Waals surface area contributed by atoms with Crippen LogP contribution < -0.4 is 11.5 Å². The topological polar surface area (TPSA) is 123 Å². The molecule has 8 nitrogen and oxygen atoms in total. The van der Waals surface area contributed by atoms with E-state index in [4.69, 9.17) is 30.4 Å². The molecule has 0 aromatic heterocycles. The highest BCUT2D eigenvalue weighted by Crippen LogP contribution is 2.34. The first-order valence-electron chi connectivity index (χ1n) is 11.1. The number of benzene rings is 2. The van der Waals surface area contributed by atoms with Gasteiger partial charge >= 0.3 is 11.9 Å². The van der Waals surface area contributed by atoms with Crippen LogP contribution in [-0.4, -0.2) is 80.3 Å². The first-order valence-corrected chi connectivity index (χ1v) is 14.1. The van der Waals surface area contributed by atoms with Crippen molar-refractivity contribution in [3.8, 4) is 0 Å². The summed E-state index contributed by atoms with van der Waals surface area (Å²) >= 11 is 0. The number of hydrogen-bond acceptors (Lipinski definition) is 8. The molecule has 2 aromatic rings. The van der Waals surface area contributed by atoms with Crippen molar-refractivity contribution in [1.29, 1.82) is 0 Å². The molecule has 0 radical (unpaired) electrons. The molecule has 1 heterocycles. The third-order valence-electron chi connectivity index (χ3n) is 5.43. The fourth-order valence-corrected chi connectivity index (χ4v) is 4.03. The lowest BCUT2D eigenvalue weighted by Gasteiger charge is -2.43. The zero-order valence-corrected chi connectivity index (χ0v) is 20.6. The van der Waals surface area contributed by atoms with Gasteiger partial charge in [-0.15, -0.1) is 0 Å². The molecule has 3 rings (SSSR count). The summed E-state index contributed by atoms with van der Waals surface area (Å²) in [7, 11) is -0.788. The summed E-state index contributed by atoms with van der Waals surface area (Å²) < 4.78 is 23.1. The first-order chi connectivity index (χ1) is 16.2. The van der Waals surface area contributed by atoms with Crippen molar-refractivity contribution in [3.05, 3.63) is 71.8 Å². The van der Waals surface area contributed by atoms with Crippen LogP contribution in [0.3, 0.4) is 0 Å². The van der Waals surface area contributed by atoms with Crippen LogP contribution in [0.2, 0.25) is 0 Å². The maximum atomic E-state index is 12.7. The predicted octanol–water partition coefficient (Wildman–Crippen LogP) is 2.16. The molecule has 1 aliphatic heterocycles. The fraction of sp³-hybridized carbons (Fsp3) is 0.440. The summed E-state index contributed by atoms with van der Waals surface area (Å²) in [6, 6.07) is 15.6. The van der Waals surface area contributed by atoms with Crippen molar-refractivity contribution in [1.82, 2.24) is 0 Å². The lowest BCUT2D eigenvalue weighted by Crippen LogP contribution is -2.66. The van der Waals surface area contributed by atoms with Gasteiger partial charge in [-0.25, -0.2) is 19.6 Å². The van der Waals surface area contributed by atoms with Gasteiger partial charge in [0, 0.05) is 5.75 Å². The summed E-state index contributed by atoms with van der Waals surface area (Å²) in [4.78, 5) is 25.1. The van der Waals surface area contributed by atoms with Crippen LogP contribution in [0.5, 0.6) is 0 Å². The van der Waals surface area contributed by atoms with Gasteiger partial charge in [0.25, 0.3) is 0 Å². The van der Waals surface area contributed by atoms with E-state index in [-0.39, 0.29) is 6.61 Å². The fourth-order valence-electron chi connectivity index (χ4n) is 3.43. The molecule has 5 atom stereocenters. The summed E-state index contributed by atoms with van der Waals surface area (Å²) in [5, 5.41) is 0. The molecule has 186 valence electrons. The first kappa shape index (κ1) is 26.2. The van der Waals surface area contributed by atoms with Crippen LogP contribution in [0, 0.1) is 0 Å². The van der Waals surface area contributed by atoms with Crippen LogP contribution in [0.1, 0.15) is 20.7 Å². The highest BCUT2D eigenvalue weighted by molar-refractivity contribution is 8.32. The summed E-state index contributed by atoms with van der Waals surface area (Å²) in [5.74, 6) is -0.192. The Morgan fingerprint density at radius 3 is 2.00 bits per heavy atom. The van der Waals surface area contributed by atoms with Crippen molar-refractivity contribution >= 4 is 22.0 Å². The molecule has 4 N–H and O–H groups in total. The minimum Gasteiger partial charge on any atom is -0.459 e. The quantitative estimate of drug-likeness (QED) is 0.513. The Bertz CT molecular complexity index is 937. The second kappa shape index (κ2) is 11.8. The van der Waals surface area contributed by atoms with Gasteiger partial charge in [-0.1, -0.05) is 36.4 Å². The van der Waals surface area contributed by atoms with Crippen molar-refractivity contribution < 1.29 is 28.5 Å². The van der Waals surface area contributed by atoms with Gasteiger partial charge in [0.05, 0.1) is 29.8 Å². The Kier molecular flexibility index (Phi) is 9.10. The van der Waals surface area contributed by atoms with E-state index in [9.17, 15) is 9.59 Å². The summed E-state index contributed by atoms with van der Waals surface area (Å²) in [6.07, 6.45) is 4.02. The van der Waals surface area contributed by atoms with Gasteiger partial charge in [0.1, 0.15) is 18.8 Å². The lowest BCUT2D eigenvalue weighted by atomic mass is 9.95. The Hall–Kier alpha value is -2.43. The second-order valence-corrected chi connectivity index (χ2v) is 13.7. The molecule has 5 unspecified atom stereocenters. The average molecular weight is 491 g/mol. The van der Waals surface area contributed by atoms with Gasteiger partial charge in [0.15, 0.2) is 6.29 Å². The van der Waals surface area contributed by atoms with E-state index in [1.54, 1.807) is 54.6 Å². The smallest absolute Gasteiger partial charge is 0.338 e. The molecule has 0 spiro atoms. The van der Waals surface area contributed by atoms with Crippen LogP contribution in [0.25, 0.3) is 0 Å². The zero-order valence-electron chi connectivity index (χ0n) is 19.8. The summed E-state index contributed by atoms with van der Waals surface area (Å²) in [5.41, 5.74) is 13.6. The molecule has 0 amide bonds. The number of nitrogens with two attached hydrogens (primary N) is 2. The molecule has 1 aliphatic rings. The molecule has 2 aromatic carbocycles. The highest BCUT2D eigenvalue weighted by Gasteiger charge is 2.46. The van der Waals surface area contributed by atoms with Crippen molar-refractivity contribution in [2.45, 2.75) is 30.6 Å². The molecule has 1 saturated heterocycles. The number of ether oxygens (including phenoxy) is 4. The van der Waals surface area contributed by atoms with E-state index in [1.165, 1.54) is 0 Å². The summed E-state index contributed by atoms with van der Waals surface area (Å²) in [6.45, 7) is 0.299. The maximum Gasteiger partial charge on any atom is 0.338 e. The molecular formula is C25H34N2O6S. The lowest BCUT2D eigenvalue weighted by molar-refractivity contribution is -0.235. The van der Waals surface area contributed by atoms with E-state index in [2.05, 4.69) is 18.8 Å². The van der Waals surface area contributed by atoms with Gasteiger partial charge in [0.2, 0.25) is 0 Å². The Morgan fingerprint density at radius 1 is 0.882 bits per heavy atom. The molecule has 1 fully saturated rings. The molecule has 9 heteroatoms. The maximum absolute atomic E-state index is 12.7. The molecule has 34 heavy (non-hydrogen) atoms. The number of carbonyl (C=O) groups is 2. The second-order valence-electron chi connectivity index (χ2n) is 9.06. The Labute approximate surface area is 202 Å². The van der Waals surface area contributed by atoms with Gasteiger partial charge in [-0.2, -0.15) is 0 Å². The average Bonchev–Trinajstić information content (AvgIpc) is 2.82. The molecule has 0 bridgehead atoms.